The van der Waals surface area contributed by atoms with E-state index in [0.717, 1.165) is 29.7 Å². The summed E-state index contributed by atoms with van der Waals surface area (Å²) in [5.41, 5.74) is 3.65. The number of thioether (sulfide) groups is 1. The minimum absolute atomic E-state index is 0.291. The number of halogens is 3. The maximum absolute atomic E-state index is 13.0. The Labute approximate surface area is 161 Å². The number of hydrogen-bond acceptors (Lipinski definition) is 1. The van der Waals surface area contributed by atoms with Gasteiger partial charge < -0.3 is 4.98 Å². The SMILES string of the molecule is CSCc1cccc2c(C(C)(c3ccc(C(F)(F)F)cc3)C3CC3)c[nH]c12. The summed E-state index contributed by atoms with van der Waals surface area (Å²) >= 11 is 1.78. The minimum atomic E-state index is -4.30. The molecule has 0 bridgehead atoms. The summed E-state index contributed by atoms with van der Waals surface area (Å²) in [4.78, 5) is 3.44. The van der Waals surface area contributed by atoms with Crippen LogP contribution in [0.15, 0.2) is 48.7 Å². The summed E-state index contributed by atoms with van der Waals surface area (Å²) in [7, 11) is 0. The number of aromatic nitrogens is 1. The van der Waals surface area contributed by atoms with Gasteiger partial charge in [-0.15, -0.1) is 0 Å². The van der Waals surface area contributed by atoms with Gasteiger partial charge in [0.1, 0.15) is 0 Å². The number of nitrogens with one attached hydrogen (secondary N) is 1. The van der Waals surface area contributed by atoms with E-state index < -0.39 is 11.7 Å². The molecule has 1 heterocycles. The molecule has 0 saturated heterocycles. The Kier molecular flexibility index (Phi) is 4.53. The number of para-hydroxylation sites is 1. The fraction of sp³-hybridized carbons (Fsp3) is 0.364. The lowest BCUT2D eigenvalue weighted by Gasteiger charge is -2.31. The van der Waals surface area contributed by atoms with Crippen LogP contribution >= 0.6 is 11.8 Å². The Balaban J connectivity index is 1.84. The highest BCUT2D eigenvalue weighted by Crippen LogP contribution is 2.53. The summed E-state index contributed by atoms with van der Waals surface area (Å²) < 4.78 is 38.9. The molecule has 142 valence electrons. The van der Waals surface area contributed by atoms with Gasteiger partial charge in [-0.3, -0.25) is 0 Å². The first kappa shape index (κ1) is 18.5. The first-order valence-electron chi connectivity index (χ1n) is 9.12. The lowest BCUT2D eigenvalue weighted by atomic mass is 9.72. The second-order valence-electron chi connectivity index (χ2n) is 7.53. The van der Waals surface area contributed by atoms with Crippen molar-refractivity contribution in [3.8, 4) is 0 Å². The van der Waals surface area contributed by atoms with E-state index in [-0.39, 0.29) is 5.41 Å². The highest BCUT2D eigenvalue weighted by molar-refractivity contribution is 7.97. The molecule has 1 nitrogen and oxygen atoms in total. The van der Waals surface area contributed by atoms with E-state index in [9.17, 15) is 13.2 Å². The summed E-state index contributed by atoms with van der Waals surface area (Å²) in [6.45, 7) is 2.18. The maximum atomic E-state index is 13.0. The van der Waals surface area contributed by atoms with Crippen molar-refractivity contribution >= 4 is 22.7 Å². The molecule has 27 heavy (non-hydrogen) atoms. The Bertz CT molecular complexity index is 954. The van der Waals surface area contributed by atoms with Crippen LogP contribution < -0.4 is 0 Å². The summed E-state index contributed by atoms with van der Waals surface area (Å²) in [6.07, 6.45) is 2.05. The fourth-order valence-corrected chi connectivity index (χ4v) is 4.75. The van der Waals surface area contributed by atoms with E-state index in [4.69, 9.17) is 0 Å². The van der Waals surface area contributed by atoms with Crippen molar-refractivity contribution in [2.45, 2.75) is 37.1 Å². The molecule has 1 N–H and O–H groups in total. The monoisotopic (exact) mass is 389 g/mol. The molecule has 5 heteroatoms. The van der Waals surface area contributed by atoms with Crippen LogP contribution in [0.3, 0.4) is 0 Å². The number of fused-ring (bicyclic) bond motifs is 1. The van der Waals surface area contributed by atoms with E-state index in [1.165, 1.54) is 28.6 Å². The van der Waals surface area contributed by atoms with Gasteiger partial charge in [-0.25, -0.2) is 0 Å². The van der Waals surface area contributed by atoms with Gasteiger partial charge in [-0.1, -0.05) is 37.3 Å². The Hall–Kier alpha value is -1.88. The lowest BCUT2D eigenvalue weighted by molar-refractivity contribution is -0.137. The second kappa shape index (κ2) is 6.62. The maximum Gasteiger partial charge on any atom is 0.416 e. The molecule has 0 radical (unpaired) electrons. The van der Waals surface area contributed by atoms with Crippen molar-refractivity contribution < 1.29 is 13.2 Å². The van der Waals surface area contributed by atoms with E-state index in [0.29, 0.717) is 5.92 Å². The van der Waals surface area contributed by atoms with Crippen LogP contribution in [0.1, 0.15) is 42.0 Å². The standard InChI is InChI=1S/C22H22F3NS/c1-21(15-6-7-15,16-8-10-17(11-9-16)22(23,24)25)19-12-26-20-14(13-27-2)4-3-5-18(19)20/h3-5,8-12,15,26H,6-7,13H2,1-2H3. The smallest absolute Gasteiger partial charge is 0.361 e. The third-order valence-corrected chi connectivity index (χ3v) is 6.47. The normalized spacial score (nSPS) is 17.2. The number of H-pyrrole nitrogens is 1. The zero-order valence-corrected chi connectivity index (χ0v) is 16.2. The van der Waals surface area contributed by atoms with E-state index in [2.05, 4.69) is 42.6 Å². The van der Waals surface area contributed by atoms with Gasteiger partial charge in [-0.2, -0.15) is 24.9 Å². The molecule has 4 rings (SSSR count). The average molecular weight is 389 g/mol. The molecule has 1 atom stereocenters. The van der Waals surface area contributed by atoms with Gasteiger partial charge in [0, 0.05) is 28.3 Å². The first-order valence-corrected chi connectivity index (χ1v) is 10.5. The highest BCUT2D eigenvalue weighted by Gasteiger charge is 2.45. The highest BCUT2D eigenvalue weighted by atomic mass is 32.2. The van der Waals surface area contributed by atoms with Crippen molar-refractivity contribution in [1.29, 1.82) is 0 Å². The lowest BCUT2D eigenvalue weighted by Crippen LogP contribution is -2.26. The molecule has 1 aliphatic carbocycles. The van der Waals surface area contributed by atoms with Gasteiger partial charge >= 0.3 is 6.18 Å². The van der Waals surface area contributed by atoms with Crippen LogP contribution in [0.25, 0.3) is 10.9 Å². The Morgan fingerprint density at radius 2 is 1.70 bits per heavy atom. The molecular formula is C22H22F3NS. The number of aromatic amines is 1. The van der Waals surface area contributed by atoms with Crippen LogP contribution in [0.2, 0.25) is 0 Å². The molecule has 1 aliphatic rings. The third-order valence-electron chi connectivity index (χ3n) is 5.87. The van der Waals surface area contributed by atoms with E-state index in [1.807, 2.05) is 0 Å². The first-order chi connectivity index (χ1) is 12.9. The van der Waals surface area contributed by atoms with Gasteiger partial charge in [0.05, 0.1) is 5.56 Å². The summed E-state index contributed by atoms with van der Waals surface area (Å²) in [6, 6.07) is 12.1. The van der Waals surface area contributed by atoms with Crippen LogP contribution in [-0.2, 0) is 17.3 Å². The number of benzene rings is 2. The van der Waals surface area contributed by atoms with Crippen LogP contribution in [-0.4, -0.2) is 11.2 Å². The zero-order chi connectivity index (χ0) is 19.2. The van der Waals surface area contributed by atoms with Crippen molar-refractivity contribution in [2.24, 2.45) is 5.92 Å². The molecule has 1 saturated carbocycles. The van der Waals surface area contributed by atoms with E-state index in [1.54, 1.807) is 23.9 Å². The minimum Gasteiger partial charge on any atom is -0.361 e. The van der Waals surface area contributed by atoms with Gasteiger partial charge in [0.15, 0.2) is 0 Å². The zero-order valence-electron chi connectivity index (χ0n) is 15.4. The van der Waals surface area contributed by atoms with E-state index >= 15 is 0 Å². The number of rotatable bonds is 5. The summed E-state index contributed by atoms with van der Waals surface area (Å²) in [5, 5.41) is 1.18. The Morgan fingerprint density at radius 1 is 1.04 bits per heavy atom. The van der Waals surface area contributed by atoms with Crippen molar-refractivity contribution in [1.82, 2.24) is 4.98 Å². The molecule has 1 fully saturated rings. The van der Waals surface area contributed by atoms with Crippen molar-refractivity contribution in [2.75, 3.05) is 6.26 Å². The fourth-order valence-electron chi connectivity index (χ4n) is 4.20. The molecule has 0 aliphatic heterocycles. The topological polar surface area (TPSA) is 15.8 Å². The molecular weight excluding hydrogens is 367 g/mol. The second-order valence-corrected chi connectivity index (χ2v) is 8.39. The van der Waals surface area contributed by atoms with Gasteiger partial charge in [0.2, 0.25) is 0 Å². The van der Waals surface area contributed by atoms with Crippen LogP contribution in [0, 0.1) is 5.92 Å². The average Bonchev–Trinajstić information content (AvgIpc) is 3.41. The molecule has 0 amide bonds. The predicted octanol–water partition coefficient (Wildman–Crippen LogP) is 6.77. The molecule has 3 aromatic rings. The van der Waals surface area contributed by atoms with Crippen molar-refractivity contribution in [3.05, 3.63) is 70.9 Å². The van der Waals surface area contributed by atoms with Crippen molar-refractivity contribution in [3.63, 3.8) is 0 Å². The van der Waals surface area contributed by atoms with Gasteiger partial charge in [-0.05, 0) is 53.8 Å². The van der Waals surface area contributed by atoms with Crippen LogP contribution in [0.5, 0.6) is 0 Å². The number of hydrogen-bond donors (Lipinski definition) is 1. The summed E-state index contributed by atoms with van der Waals surface area (Å²) in [5.74, 6) is 1.38. The molecule has 1 unspecified atom stereocenters. The predicted molar refractivity (Wildman–Crippen MR) is 106 cm³/mol. The largest absolute Gasteiger partial charge is 0.416 e. The molecule has 0 spiro atoms. The third kappa shape index (κ3) is 3.16. The quantitative estimate of drug-likeness (QED) is 0.509. The van der Waals surface area contributed by atoms with Gasteiger partial charge in [0.25, 0.3) is 0 Å². The molecule has 1 aromatic heterocycles. The number of alkyl halides is 3. The van der Waals surface area contributed by atoms with Crippen LogP contribution in [0.4, 0.5) is 13.2 Å². The molecule has 2 aromatic carbocycles. The Morgan fingerprint density at radius 3 is 2.30 bits per heavy atom.